The molecular formula is C10H13BrN2O2S. The largest absolute Gasteiger partial charge is 0.444 e. The summed E-state index contributed by atoms with van der Waals surface area (Å²) >= 11 is 7.88. The molecule has 0 unspecified atom stereocenters. The quantitative estimate of drug-likeness (QED) is 0.625. The van der Waals surface area contributed by atoms with Crippen LogP contribution in [0.2, 0.25) is 0 Å². The van der Waals surface area contributed by atoms with Gasteiger partial charge in [0, 0.05) is 6.54 Å². The molecule has 6 heteroatoms. The molecule has 0 radical (unpaired) electrons. The van der Waals surface area contributed by atoms with Crippen LogP contribution in [-0.2, 0) is 0 Å². The molecule has 88 valence electrons. The predicted molar refractivity (Wildman–Crippen MR) is 69.4 cm³/mol. The van der Waals surface area contributed by atoms with Gasteiger partial charge in [-0.15, -0.1) is 0 Å². The van der Waals surface area contributed by atoms with Gasteiger partial charge in [-0.1, -0.05) is 12.2 Å². The Bertz CT molecular complexity index is 379. The Morgan fingerprint density at radius 2 is 2.25 bits per heavy atom. The number of carbonyl (C=O) groups is 1. The van der Waals surface area contributed by atoms with E-state index in [1.807, 2.05) is 0 Å². The number of furan rings is 1. The van der Waals surface area contributed by atoms with Gasteiger partial charge in [0.15, 0.2) is 10.4 Å². The summed E-state index contributed by atoms with van der Waals surface area (Å²) in [6, 6.07) is 3.30. The highest BCUT2D eigenvalue weighted by molar-refractivity contribution is 9.10. The van der Waals surface area contributed by atoms with Crippen LogP contribution in [0.5, 0.6) is 0 Å². The molecule has 0 aliphatic rings. The summed E-state index contributed by atoms with van der Waals surface area (Å²) in [5.74, 6) is 0.0993. The third kappa shape index (κ3) is 4.76. The van der Waals surface area contributed by atoms with E-state index in [9.17, 15) is 4.79 Å². The van der Waals surface area contributed by atoms with Gasteiger partial charge in [0.1, 0.15) is 0 Å². The summed E-state index contributed by atoms with van der Waals surface area (Å²) in [6.45, 7) is 0.597. The fourth-order valence-electron chi connectivity index (χ4n) is 1.15. The normalized spacial score (nSPS) is 10.1. The maximum Gasteiger partial charge on any atom is 0.287 e. The average molecular weight is 305 g/mol. The van der Waals surface area contributed by atoms with E-state index in [2.05, 4.69) is 21.2 Å². The predicted octanol–water partition coefficient (Wildman–Crippen LogP) is 2.23. The van der Waals surface area contributed by atoms with E-state index in [-0.39, 0.29) is 5.91 Å². The highest BCUT2D eigenvalue weighted by Gasteiger charge is 2.08. The van der Waals surface area contributed by atoms with Crippen LogP contribution >= 0.6 is 28.1 Å². The Hall–Kier alpha value is -0.880. The highest BCUT2D eigenvalue weighted by Crippen LogP contribution is 2.13. The number of unbranched alkanes of at least 4 members (excludes halogenated alkanes) is 1. The maximum atomic E-state index is 11.5. The number of nitrogens with two attached hydrogens (primary N) is 1. The third-order valence-corrected chi connectivity index (χ3v) is 2.56. The van der Waals surface area contributed by atoms with Gasteiger partial charge in [0.05, 0.1) is 4.99 Å². The average Bonchev–Trinajstić information content (AvgIpc) is 2.63. The van der Waals surface area contributed by atoms with Crippen LogP contribution in [0.4, 0.5) is 0 Å². The van der Waals surface area contributed by atoms with Crippen LogP contribution in [0.1, 0.15) is 29.8 Å². The van der Waals surface area contributed by atoms with Crippen molar-refractivity contribution in [2.75, 3.05) is 6.54 Å². The molecule has 0 spiro atoms. The Labute approximate surface area is 108 Å². The number of hydrogen-bond donors (Lipinski definition) is 2. The first kappa shape index (κ1) is 13.2. The van der Waals surface area contributed by atoms with Gasteiger partial charge in [0.2, 0.25) is 0 Å². The van der Waals surface area contributed by atoms with Gasteiger partial charge < -0.3 is 15.5 Å². The van der Waals surface area contributed by atoms with Crippen LogP contribution in [0.3, 0.4) is 0 Å². The van der Waals surface area contributed by atoms with Crippen molar-refractivity contribution in [1.29, 1.82) is 0 Å². The van der Waals surface area contributed by atoms with E-state index >= 15 is 0 Å². The molecule has 16 heavy (non-hydrogen) atoms. The van der Waals surface area contributed by atoms with Crippen LogP contribution in [0, 0.1) is 0 Å². The van der Waals surface area contributed by atoms with Crippen molar-refractivity contribution < 1.29 is 9.21 Å². The minimum Gasteiger partial charge on any atom is -0.444 e. The molecule has 3 N–H and O–H groups in total. The number of amides is 1. The summed E-state index contributed by atoms with van der Waals surface area (Å²) in [5.41, 5.74) is 5.35. The Morgan fingerprint density at radius 3 is 2.81 bits per heavy atom. The lowest BCUT2D eigenvalue weighted by atomic mass is 10.2. The fraction of sp³-hybridized carbons (Fsp3) is 0.400. The molecule has 0 aromatic carbocycles. The lowest BCUT2D eigenvalue weighted by Gasteiger charge is -2.02. The number of nitrogens with one attached hydrogen (secondary N) is 1. The Balaban J connectivity index is 2.18. The summed E-state index contributed by atoms with van der Waals surface area (Å²) in [6.07, 6.45) is 2.46. The molecule has 1 rings (SSSR count). The minimum atomic E-state index is -0.207. The van der Waals surface area contributed by atoms with E-state index in [0.29, 0.717) is 22.0 Å². The van der Waals surface area contributed by atoms with Crippen molar-refractivity contribution in [3.8, 4) is 0 Å². The molecule has 1 amide bonds. The van der Waals surface area contributed by atoms with Crippen molar-refractivity contribution in [1.82, 2.24) is 5.32 Å². The zero-order valence-corrected chi connectivity index (χ0v) is 11.1. The molecule has 0 atom stereocenters. The number of hydrogen-bond acceptors (Lipinski definition) is 3. The zero-order chi connectivity index (χ0) is 12.0. The standard InChI is InChI=1S/C10H13BrN2O2S/c11-8-5-4-7(15-8)10(14)13-6-2-1-3-9(12)16/h4-5H,1-3,6H2,(H2,12,16)(H,13,14). The van der Waals surface area contributed by atoms with Gasteiger partial charge >= 0.3 is 0 Å². The molecule has 4 nitrogen and oxygen atoms in total. The van der Waals surface area contributed by atoms with Gasteiger partial charge in [-0.2, -0.15) is 0 Å². The van der Waals surface area contributed by atoms with Crippen molar-refractivity contribution in [2.45, 2.75) is 19.3 Å². The molecule has 0 saturated carbocycles. The van der Waals surface area contributed by atoms with Crippen LogP contribution in [0.25, 0.3) is 0 Å². The molecule has 1 aromatic heterocycles. The highest BCUT2D eigenvalue weighted by atomic mass is 79.9. The smallest absolute Gasteiger partial charge is 0.287 e. The van der Waals surface area contributed by atoms with Crippen molar-refractivity contribution >= 4 is 39.0 Å². The second-order valence-electron chi connectivity index (χ2n) is 3.28. The topological polar surface area (TPSA) is 68.3 Å². The lowest BCUT2D eigenvalue weighted by molar-refractivity contribution is 0.0924. The fourth-order valence-corrected chi connectivity index (χ4v) is 1.60. The first-order chi connectivity index (χ1) is 7.59. The second-order valence-corrected chi connectivity index (χ2v) is 4.59. The zero-order valence-electron chi connectivity index (χ0n) is 8.66. The Kier molecular flexibility index (Phi) is 5.48. The molecule has 0 saturated heterocycles. The lowest BCUT2D eigenvalue weighted by Crippen LogP contribution is -2.24. The number of halogens is 1. The van der Waals surface area contributed by atoms with E-state index < -0.39 is 0 Å². The van der Waals surface area contributed by atoms with E-state index in [1.165, 1.54) is 0 Å². The second kappa shape index (κ2) is 6.65. The monoisotopic (exact) mass is 304 g/mol. The Morgan fingerprint density at radius 1 is 1.50 bits per heavy atom. The summed E-state index contributed by atoms with van der Waals surface area (Å²) in [5, 5.41) is 2.75. The van der Waals surface area contributed by atoms with E-state index in [4.69, 9.17) is 22.4 Å². The van der Waals surface area contributed by atoms with E-state index in [1.54, 1.807) is 12.1 Å². The van der Waals surface area contributed by atoms with Crippen LogP contribution in [-0.4, -0.2) is 17.4 Å². The van der Waals surface area contributed by atoms with Crippen LogP contribution < -0.4 is 11.1 Å². The molecule has 0 aliphatic carbocycles. The van der Waals surface area contributed by atoms with Crippen LogP contribution in [0.15, 0.2) is 21.2 Å². The van der Waals surface area contributed by atoms with Gasteiger partial charge in [-0.25, -0.2) is 0 Å². The first-order valence-electron chi connectivity index (χ1n) is 4.91. The number of thiocarbonyl (C=S) groups is 1. The van der Waals surface area contributed by atoms with Crippen molar-refractivity contribution in [3.05, 3.63) is 22.6 Å². The van der Waals surface area contributed by atoms with Crippen molar-refractivity contribution in [3.63, 3.8) is 0 Å². The maximum absolute atomic E-state index is 11.5. The molecule has 0 bridgehead atoms. The summed E-state index contributed by atoms with van der Waals surface area (Å²) < 4.78 is 5.65. The number of rotatable bonds is 6. The molecular weight excluding hydrogens is 292 g/mol. The van der Waals surface area contributed by atoms with Crippen molar-refractivity contribution in [2.24, 2.45) is 5.73 Å². The summed E-state index contributed by atoms with van der Waals surface area (Å²) in [4.78, 5) is 12.0. The molecule has 0 fully saturated rings. The number of carbonyl (C=O) groups excluding carboxylic acids is 1. The minimum absolute atomic E-state index is 0.207. The molecule has 1 heterocycles. The summed E-state index contributed by atoms with van der Waals surface area (Å²) in [7, 11) is 0. The van der Waals surface area contributed by atoms with Gasteiger partial charge in [0.25, 0.3) is 5.91 Å². The SMILES string of the molecule is NC(=S)CCCCNC(=O)c1ccc(Br)o1. The third-order valence-electron chi connectivity index (χ3n) is 1.93. The molecule has 1 aromatic rings. The van der Waals surface area contributed by atoms with Gasteiger partial charge in [-0.3, -0.25) is 4.79 Å². The molecule has 0 aliphatic heterocycles. The van der Waals surface area contributed by atoms with Gasteiger partial charge in [-0.05, 0) is 47.3 Å². The van der Waals surface area contributed by atoms with E-state index in [0.717, 1.165) is 19.3 Å². The first-order valence-corrected chi connectivity index (χ1v) is 6.11.